The van der Waals surface area contributed by atoms with Gasteiger partial charge >= 0.3 is 0 Å². The summed E-state index contributed by atoms with van der Waals surface area (Å²) >= 11 is 0. The van der Waals surface area contributed by atoms with Crippen LogP contribution < -0.4 is 5.56 Å². The third-order valence-corrected chi connectivity index (χ3v) is 7.24. The van der Waals surface area contributed by atoms with E-state index in [4.69, 9.17) is 0 Å². The summed E-state index contributed by atoms with van der Waals surface area (Å²) in [7, 11) is 0. The van der Waals surface area contributed by atoms with Crippen LogP contribution in [0.5, 0.6) is 5.75 Å². The SMILES string of the molecule is O=C(C1CC1)N1CCC(O)(Cn2cnc3c(cnn3-c3ccc(-c4cccc(O)c4)cc3)c2=O)CC1. The molecule has 2 N–H and O–H groups in total. The number of aromatic hydroxyl groups is 1. The second kappa shape index (κ2) is 8.60. The van der Waals surface area contributed by atoms with Crippen molar-refractivity contribution in [3.8, 4) is 22.6 Å². The highest BCUT2D eigenvalue weighted by molar-refractivity contribution is 5.81. The van der Waals surface area contributed by atoms with Gasteiger partial charge in [0, 0.05) is 19.0 Å². The largest absolute Gasteiger partial charge is 0.508 e. The molecule has 9 heteroatoms. The Labute approximate surface area is 207 Å². The van der Waals surface area contributed by atoms with Gasteiger partial charge in [-0.1, -0.05) is 24.3 Å². The molecule has 2 aromatic carbocycles. The van der Waals surface area contributed by atoms with Gasteiger partial charge in [-0.3, -0.25) is 14.2 Å². The van der Waals surface area contributed by atoms with Gasteiger partial charge in [0.15, 0.2) is 5.65 Å². The highest BCUT2D eigenvalue weighted by atomic mass is 16.3. The average Bonchev–Trinajstić information content (AvgIpc) is 3.65. The molecule has 9 nitrogen and oxygen atoms in total. The summed E-state index contributed by atoms with van der Waals surface area (Å²) < 4.78 is 3.06. The summed E-state index contributed by atoms with van der Waals surface area (Å²) in [6.07, 6.45) is 5.77. The lowest BCUT2D eigenvalue weighted by Crippen LogP contribution is -2.50. The van der Waals surface area contributed by atoms with Gasteiger partial charge in [0.05, 0.1) is 24.0 Å². The number of nitrogens with zero attached hydrogens (tertiary/aromatic N) is 5. The minimum absolute atomic E-state index is 0.129. The molecule has 0 spiro atoms. The second-order valence-electron chi connectivity index (χ2n) is 9.89. The molecule has 1 amide bonds. The molecule has 184 valence electrons. The van der Waals surface area contributed by atoms with Crippen LogP contribution in [0.1, 0.15) is 25.7 Å². The summed E-state index contributed by atoms with van der Waals surface area (Å²) in [6.45, 7) is 1.14. The Morgan fingerprint density at radius 2 is 1.81 bits per heavy atom. The third-order valence-electron chi connectivity index (χ3n) is 7.24. The summed E-state index contributed by atoms with van der Waals surface area (Å²) in [5.41, 5.74) is 1.72. The van der Waals surface area contributed by atoms with Crippen LogP contribution in [0, 0.1) is 5.92 Å². The van der Waals surface area contributed by atoms with Gasteiger partial charge in [-0.05, 0) is 61.1 Å². The Balaban J connectivity index is 1.21. The fourth-order valence-electron chi connectivity index (χ4n) is 4.94. The molecule has 0 bridgehead atoms. The summed E-state index contributed by atoms with van der Waals surface area (Å²) in [5.74, 6) is 0.571. The molecule has 2 fully saturated rings. The molecular formula is C27H27N5O4. The van der Waals surface area contributed by atoms with Gasteiger partial charge in [0.2, 0.25) is 5.91 Å². The quantitative estimate of drug-likeness (QED) is 0.449. The van der Waals surface area contributed by atoms with Crippen molar-refractivity contribution in [3.05, 3.63) is 71.4 Å². The van der Waals surface area contributed by atoms with E-state index >= 15 is 0 Å². The zero-order valence-corrected chi connectivity index (χ0v) is 19.7. The summed E-state index contributed by atoms with van der Waals surface area (Å²) in [4.78, 5) is 31.9. The minimum Gasteiger partial charge on any atom is -0.508 e. The van der Waals surface area contributed by atoms with Crippen LogP contribution in [0.15, 0.2) is 65.8 Å². The normalized spacial score (nSPS) is 17.4. The Morgan fingerprint density at radius 3 is 2.50 bits per heavy atom. The molecule has 6 rings (SSSR count). The lowest BCUT2D eigenvalue weighted by Gasteiger charge is -2.38. The van der Waals surface area contributed by atoms with Gasteiger partial charge in [0.1, 0.15) is 17.5 Å². The van der Waals surface area contributed by atoms with E-state index in [1.807, 2.05) is 35.2 Å². The number of likely N-dealkylation sites (tertiary alicyclic amines) is 1. The zero-order valence-electron chi connectivity index (χ0n) is 19.7. The number of phenolic OH excluding ortho intramolecular Hbond substituents is 1. The monoisotopic (exact) mass is 485 g/mol. The van der Waals surface area contributed by atoms with Crippen LogP contribution in [-0.2, 0) is 11.3 Å². The number of hydrogen-bond acceptors (Lipinski definition) is 6. The molecule has 36 heavy (non-hydrogen) atoms. The number of aliphatic hydroxyl groups is 1. The number of rotatable bonds is 5. The molecule has 2 aliphatic rings. The number of hydrogen-bond donors (Lipinski definition) is 2. The van der Waals surface area contributed by atoms with Crippen molar-refractivity contribution < 1.29 is 15.0 Å². The molecule has 0 atom stereocenters. The number of aromatic nitrogens is 4. The van der Waals surface area contributed by atoms with Gasteiger partial charge in [0.25, 0.3) is 5.56 Å². The molecule has 1 aliphatic carbocycles. The Morgan fingerprint density at radius 1 is 1.06 bits per heavy atom. The fraction of sp³-hybridized carbons (Fsp3) is 0.333. The first kappa shape index (κ1) is 22.5. The van der Waals surface area contributed by atoms with Crippen LogP contribution in [0.3, 0.4) is 0 Å². The van der Waals surface area contributed by atoms with Crippen molar-refractivity contribution in [2.24, 2.45) is 5.92 Å². The molecule has 1 saturated heterocycles. The van der Waals surface area contributed by atoms with Gasteiger partial charge < -0.3 is 15.1 Å². The van der Waals surface area contributed by atoms with E-state index in [0.717, 1.165) is 29.7 Å². The van der Waals surface area contributed by atoms with E-state index in [9.17, 15) is 19.8 Å². The smallest absolute Gasteiger partial charge is 0.264 e. The Hall–Kier alpha value is -3.98. The van der Waals surface area contributed by atoms with E-state index in [0.29, 0.717) is 37.0 Å². The highest BCUT2D eigenvalue weighted by Crippen LogP contribution is 2.33. The molecule has 1 aliphatic heterocycles. The maximum Gasteiger partial charge on any atom is 0.264 e. The van der Waals surface area contributed by atoms with Crippen molar-refractivity contribution >= 4 is 16.9 Å². The first-order chi connectivity index (χ1) is 17.4. The van der Waals surface area contributed by atoms with Crippen molar-refractivity contribution in [1.29, 1.82) is 0 Å². The van der Waals surface area contributed by atoms with Gasteiger partial charge in [-0.25, -0.2) is 9.67 Å². The van der Waals surface area contributed by atoms with Crippen LogP contribution in [0.25, 0.3) is 27.8 Å². The maximum atomic E-state index is 13.2. The summed E-state index contributed by atoms with van der Waals surface area (Å²) in [5, 5.41) is 25.6. The molecule has 4 aromatic rings. The lowest BCUT2D eigenvalue weighted by molar-refractivity contribution is -0.137. The summed E-state index contributed by atoms with van der Waals surface area (Å²) in [6, 6.07) is 14.7. The van der Waals surface area contributed by atoms with Crippen molar-refractivity contribution in [2.75, 3.05) is 13.1 Å². The van der Waals surface area contributed by atoms with E-state index in [1.165, 1.54) is 17.1 Å². The molecule has 0 radical (unpaired) electrons. The van der Waals surface area contributed by atoms with E-state index < -0.39 is 5.60 Å². The standard InChI is InChI=1S/C27H27N5O4/c33-22-3-1-2-20(14-22)18-6-8-21(9-7-18)32-24-23(15-29-32)26(35)31(17-28-24)16-27(36)10-12-30(13-11-27)25(34)19-4-5-19/h1-3,6-9,14-15,17,19,33,36H,4-5,10-13,16H2. The number of phenols is 1. The van der Waals surface area contributed by atoms with E-state index in [1.54, 1.807) is 22.9 Å². The van der Waals surface area contributed by atoms with E-state index in [-0.39, 0.29) is 29.7 Å². The predicted octanol–water partition coefficient (Wildman–Crippen LogP) is 2.72. The molecule has 1 saturated carbocycles. The topological polar surface area (TPSA) is 113 Å². The fourth-order valence-corrected chi connectivity index (χ4v) is 4.94. The minimum atomic E-state index is -1.06. The van der Waals surface area contributed by atoms with Crippen LogP contribution in [0.4, 0.5) is 0 Å². The number of piperidine rings is 1. The van der Waals surface area contributed by atoms with Crippen molar-refractivity contribution in [3.63, 3.8) is 0 Å². The third kappa shape index (κ3) is 4.15. The molecule has 2 aromatic heterocycles. The highest BCUT2D eigenvalue weighted by Gasteiger charge is 2.39. The Bertz CT molecular complexity index is 1490. The zero-order chi connectivity index (χ0) is 24.9. The maximum absolute atomic E-state index is 13.2. The first-order valence-electron chi connectivity index (χ1n) is 12.2. The number of fused-ring (bicyclic) bond motifs is 1. The predicted molar refractivity (Wildman–Crippen MR) is 134 cm³/mol. The molecule has 0 unspecified atom stereocenters. The number of carbonyl (C=O) groups is 1. The van der Waals surface area contributed by atoms with Crippen LogP contribution >= 0.6 is 0 Å². The Kier molecular flexibility index (Phi) is 5.37. The first-order valence-corrected chi connectivity index (χ1v) is 12.2. The average molecular weight is 486 g/mol. The number of amides is 1. The number of carbonyl (C=O) groups excluding carboxylic acids is 1. The van der Waals surface area contributed by atoms with Gasteiger partial charge in [-0.2, -0.15) is 5.10 Å². The van der Waals surface area contributed by atoms with E-state index in [2.05, 4.69) is 10.1 Å². The van der Waals surface area contributed by atoms with Crippen molar-refractivity contribution in [2.45, 2.75) is 37.8 Å². The molecule has 3 heterocycles. The van der Waals surface area contributed by atoms with Gasteiger partial charge in [-0.15, -0.1) is 0 Å². The second-order valence-corrected chi connectivity index (χ2v) is 9.89. The van der Waals surface area contributed by atoms with Crippen LogP contribution in [-0.4, -0.2) is 59.0 Å². The van der Waals surface area contributed by atoms with Crippen LogP contribution in [0.2, 0.25) is 0 Å². The lowest BCUT2D eigenvalue weighted by atomic mass is 9.91. The molecular weight excluding hydrogens is 458 g/mol. The van der Waals surface area contributed by atoms with Crippen molar-refractivity contribution in [1.82, 2.24) is 24.2 Å². The number of benzene rings is 2.